The lowest BCUT2D eigenvalue weighted by molar-refractivity contribution is -0.150. The number of likely N-dealkylation sites (N-methyl/N-ethyl adjacent to an activating group) is 1. The van der Waals surface area contributed by atoms with Gasteiger partial charge >= 0.3 is 0 Å². The van der Waals surface area contributed by atoms with Crippen LogP contribution in [0.1, 0.15) is 11.1 Å². The number of anilines is 1. The lowest BCUT2D eigenvalue weighted by Crippen LogP contribution is -2.69. The highest BCUT2D eigenvalue weighted by molar-refractivity contribution is 6.01. The maximum atomic E-state index is 12.5. The Bertz CT molecular complexity index is 1020. The number of carbonyl (C=O) groups is 2. The van der Waals surface area contributed by atoms with Crippen molar-refractivity contribution in [2.45, 2.75) is 24.5 Å². The van der Waals surface area contributed by atoms with Crippen LogP contribution < -0.4 is 15.5 Å². The average molecular weight is 404 g/mol. The van der Waals surface area contributed by atoms with Gasteiger partial charge in [0.2, 0.25) is 5.91 Å². The number of rotatable bonds is 6. The molecule has 154 valence electrons. The molecule has 1 saturated heterocycles. The predicted octanol–water partition coefficient (Wildman–Crippen LogP) is 1.41. The summed E-state index contributed by atoms with van der Waals surface area (Å²) in [7, 11) is 3.30. The molecule has 2 aliphatic rings. The van der Waals surface area contributed by atoms with Crippen LogP contribution in [0.25, 0.3) is 11.1 Å². The van der Waals surface area contributed by atoms with Crippen LogP contribution in [-0.2, 0) is 27.2 Å². The van der Waals surface area contributed by atoms with Gasteiger partial charge in [0.05, 0.1) is 12.5 Å². The second kappa shape index (κ2) is 7.90. The Hall–Kier alpha value is -3.21. The zero-order chi connectivity index (χ0) is 21.3. The summed E-state index contributed by atoms with van der Waals surface area (Å²) < 4.78 is 5.33. The number of nitrogens with one attached hydrogen (secondary N) is 2. The molecule has 1 fully saturated rings. The first-order valence-electron chi connectivity index (χ1n) is 9.91. The van der Waals surface area contributed by atoms with E-state index >= 15 is 0 Å². The van der Waals surface area contributed by atoms with Crippen molar-refractivity contribution in [3.05, 3.63) is 53.6 Å². The van der Waals surface area contributed by atoms with Crippen molar-refractivity contribution in [1.29, 1.82) is 5.26 Å². The van der Waals surface area contributed by atoms with Gasteiger partial charge in [-0.15, -0.1) is 0 Å². The molecule has 2 aliphatic heterocycles. The van der Waals surface area contributed by atoms with Crippen LogP contribution in [0, 0.1) is 11.3 Å². The number of ether oxygens (including phenoxy) is 1. The van der Waals surface area contributed by atoms with E-state index in [9.17, 15) is 14.9 Å². The van der Waals surface area contributed by atoms with Crippen molar-refractivity contribution >= 4 is 17.5 Å². The number of nitriles is 1. The predicted molar refractivity (Wildman–Crippen MR) is 113 cm³/mol. The first-order valence-corrected chi connectivity index (χ1v) is 9.91. The molecule has 7 nitrogen and oxygen atoms in total. The monoisotopic (exact) mass is 404 g/mol. The molecule has 1 atom stereocenters. The van der Waals surface area contributed by atoms with Gasteiger partial charge in [0.1, 0.15) is 6.04 Å². The van der Waals surface area contributed by atoms with Crippen molar-refractivity contribution < 1.29 is 14.3 Å². The topological polar surface area (TPSA) is 94.5 Å². The second-order valence-corrected chi connectivity index (χ2v) is 7.83. The molecule has 2 aromatic rings. The van der Waals surface area contributed by atoms with Crippen LogP contribution in [-0.4, -0.2) is 50.7 Å². The molecule has 0 bridgehead atoms. The van der Waals surface area contributed by atoms with E-state index in [1.54, 1.807) is 11.9 Å². The van der Waals surface area contributed by atoms with Crippen LogP contribution in [0.2, 0.25) is 0 Å². The van der Waals surface area contributed by atoms with Gasteiger partial charge in [-0.2, -0.15) is 5.26 Å². The van der Waals surface area contributed by atoms with E-state index < -0.39 is 11.6 Å². The Kier molecular flexibility index (Phi) is 5.29. The number of hydrogen-bond acceptors (Lipinski definition) is 5. The average Bonchev–Trinajstić information content (AvgIpc) is 3.01. The number of hydrogen-bond donors (Lipinski definition) is 2. The van der Waals surface area contributed by atoms with Crippen LogP contribution >= 0.6 is 0 Å². The van der Waals surface area contributed by atoms with Gasteiger partial charge in [-0.25, -0.2) is 0 Å². The Morgan fingerprint density at radius 1 is 1.27 bits per heavy atom. The first kappa shape index (κ1) is 20.1. The number of amides is 2. The minimum Gasteiger partial charge on any atom is -0.366 e. The van der Waals surface area contributed by atoms with Crippen LogP contribution in [0.3, 0.4) is 0 Å². The normalized spacial score (nSPS) is 17.6. The standard InChI is InChI=1S/C23H24N4O3/c1-27-20-10-17(7-8-18(20)11-21(27)28)16-5-3-15(4-6-16)9-19(12-24)26-22(29)23(30-2)13-25-14-23/h3-8,10,19,25H,9,11,13-14H2,1-2H3,(H,26,29)/t19-/m0/s1. The van der Waals surface area contributed by atoms with Gasteiger partial charge in [0.15, 0.2) is 5.60 Å². The Balaban J connectivity index is 1.44. The Morgan fingerprint density at radius 2 is 1.97 bits per heavy atom. The Morgan fingerprint density at radius 3 is 2.57 bits per heavy atom. The lowest BCUT2D eigenvalue weighted by Gasteiger charge is -2.39. The molecule has 0 aliphatic carbocycles. The molecule has 0 saturated carbocycles. The van der Waals surface area contributed by atoms with Gasteiger partial charge in [0.25, 0.3) is 5.91 Å². The van der Waals surface area contributed by atoms with Gasteiger partial charge < -0.3 is 20.3 Å². The molecule has 0 radical (unpaired) electrons. The van der Waals surface area contributed by atoms with Crippen LogP contribution in [0.5, 0.6) is 0 Å². The second-order valence-electron chi connectivity index (χ2n) is 7.83. The summed E-state index contributed by atoms with van der Waals surface area (Å²) in [6.45, 7) is 0.896. The van der Waals surface area contributed by atoms with Gasteiger partial charge in [-0.3, -0.25) is 9.59 Å². The number of carbonyl (C=O) groups excluding carboxylic acids is 2. The summed E-state index contributed by atoms with van der Waals surface area (Å²) in [5.74, 6) is -0.154. The molecular formula is C23H24N4O3. The summed E-state index contributed by atoms with van der Waals surface area (Å²) in [5, 5.41) is 15.3. The molecule has 7 heteroatoms. The highest BCUT2D eigenvalue weighted by Crippen LogP contribution is 2.32. The number of benzene rings is 2. The fourth-order valence-corrected chi connectivity index (χ4v) is 3.86. The maximum absolute atomic E-state index is 12.5. The third-order valence-electron chi connectivity index (χ3n) is 5.98. The zero-order valence-electron chi connectivity index (χ0n) is 17.1. The smallest absolute Gasteiger partial charge is 0.255 e. The Labute approximate surface area is 175 Å². The maximum Gasteiger partial charge on any atom is 0.255 e. The molecule has 0 unspecified atom stereocenters. The summed E-state index contributed by atoms with van der Waals surface area (Å²) in [4.78, 5) is 26.1. The van der Waals surface area contributed by atoms with Crippen molar-refractivity contribution in [3.63, 3.8) is 0 Å². The summed E-state index contributed by atoms with van der Waals surface area (Å²) in [6, 6.07) is 15.5. The van der Waals surface area contributed by atoms with Gasteiger partial charge in [0, 0.05) is 39.4 Å². The number of fused-ring (bicyclic) bond motifs is 1. The highest BCUT2D eigenvalue weighted by Gasteiger charge is 2.45. The van der Waals surface area contributed by atoms with E-state index in [1.807, 2.05) is 42.5 Å². The molecule has 2 amide bonds. The van der Waals surface area contributed by atoms with E-state index in [1.165, 1.54) is 7.11 Å². The van der Waals surface area contributed by atoms with Crippen molar-refractivity contribution in [1.82, 2.24) is 10.6 Å². The number of methoxy groups -OCH3 is 1. The minimum atomic E-state index is -0.874. The molecular weight excluding hydrogens is 380 g/mol. The van der Waals surface area contributed by atoms with E-state index in [2.05, 4.69) is 16.7 Å². The third kappa shape index (κ3) is 3.56. The van der Waals surface area contributed by atoms with Gasteiger partial charge in [-0.05, 0) is 28.3 Å². The summed E-state index contributed by atoms with van der Waals surface area (Å²) in [6.07, 6.45) is 0.865. The van der Waals surface area contributed by atoms with Crippen molar-refractivity contribution in [2.75, 3.05) is 32.1 Å². The summed E-state index contributed by atoms with van der Waals surface area (Å²) >= 11 is 0. The van der Waals surface area contributed by atoms with Crippen LogP contribution in [0.15, 0.2) is 42.5 Å². The fourth-order valence-electron chi connectivity index (χ4n) is 3.86. The lowest BCUT2D eigenvalue weighted by atomic mass is 9.94. The zero-order valence-corrected chi connectivity index (χ0v) is 17.1. The molecule has 2 aromatic carbocycles. The third-order valence-corrected chi connectivity index (χ3v) is 5.98. The van der Waals surface area contributed by atoms with E-state index in [0.717, 1.165) is 27.9 Å². The SMILES string of the molecule is COC1(C(=O)N[C@H](C#N)Cc2ccc(-c3ccc4c(c3)N(C)C(=O)C4)cc2)CNC1. The first-order chi connectivity index (χ1) is 14.5. The molecule has 4 rings (SSSR count). The van der Waals surface area contributed by atoms with Gasteiger partial charge in [-0.1, -0.05) is 36.4 Å². The molecule has 30 heavy (non-hydrogen) atoms. The highest BCUT2D eigenvalue weighted by atomic mass is 16.5. The van der Waals surface area contributed by atoms with E-state index in [4.69, 9.17) is 4.74 Å². The van der Waals surface area contributed by atoms with E-state index in [-0.39, 0.29) is 11.8 Å². The molecule has 2 N–H and O–H groups in total. The van der Waals surface area contributed by atoms with Crippen molar-refractivity contribution in [3.8, 4) is 17.2 Å². The van der Waals surface area contributed by atoms with Crippen LogP contribution in [0.4, 0.5) is 5.69 Å². The number of nitrogens with zero attached hydrogens (tertiary/aromatic N) is 2. The minimum absolute atomic E-state index is 0.107. The summed E-state index contributed by atoms with van der Waals surface area (Å²) in [5.41, 5.74) is 4.15. The quantitative estimate of drug-likeness (QED) is 0.759. The molecule has 0 aromatic heterocycles. The largest absolute Gasteiger partial charge is 0.366 e. The van der Waals surface area contributed by atoms with Crippen molar-refractivity contribution in [2.24, 2.45) is 0 Å². The fraction of sp³-hybridized carbons (Fsp3) is 0.348. The molecule has 0 spiro atoms. The molecule has 2 heterocycles. The van der Waals surface area contributed by atoms with E-state index in [0.29, 0.717) is 25.9 Å².